The van der Waals surface area contributed by atoms with Gasteiger partial charge in [0.15, 0.2) is 5.76 Å². The molecule has 0 fully saturated rings. The van der Waals surface area contributed by atoms with Crippen molar-refractivity contribution in [3.05, 3.63) is 45.6 Å². The molecule has 0 spiro atoms. The van der Waals surface area contributed by atoms with Gasteiger partial charge < -0.3 is 9.63 Å². The van der Waals surface area contributed by atoms with Gasteiger partial charge in [-0.3, -0.25) is 10.1 Å². The number of aliphatic hydroxyl groups excluding tert-OH is 1. The molecule has 0 saturated carbocycles. The second kappa shape index (κ2) is 4.34. The number of rotatable bonds is 3. The summed E-state index contributed by atoms with van der Waals surface area (Å²) in [7, 11) is 0. The van der Waals surface area contributed by atoms with Crippen molar-refractivity contribution in [2.45, 2.75) is 13.5 Å². The molecule has 6 nitrogen and oxygen atoms in total. The molecule has 0 aliphatic heterocycles. The Morgan fingerprint density at radius 1 is 1.47 bits per heavy atom. The molecule has 0 saturated heterocycles. The molecule has 0 radical (unpaired) electrons. The number of aryl methyl sites for hydroxylation is 1. The van der Waals surface area contributed by atoms with Crippen LogP contribution in [0.4, 0.5) is 5.69 Å². The molecule has 0 bridgehead atoms. The van der Waals surface area contributed by atoms with Gasteiger partial charge in [-0.2, -0.15) is 0 Å². The van der Waals surface area contributed by atoms with Gasteiger partial charge in [0.2, 0.25) is 0 Å². The molecule has 1 aromatic heterocycles. The first kappa shape index (κ1) is 11.3. The average molecular weight is 234 g/mol. The number of aliphatic hydroxyl groups is 1. The van der Waals surface area contributed by atoms with Crippen molar-refractivity contribution < 1.29 is 14.6 Å². The Morgan fingerprint density at radius 2 is 2.24 bits per heavy atom. The molecule has 0 aliphatic carbocycles. The molecule has 2 aromatic rings. The van der Waals surface area contributed by atoms with Crippen LogP contribution in [0.15, 0.2) is 28.8 Å². The molecule has 17 heavy (non-hydrogen) atoms. The van der Waals surface area contributed by atoms with Crippen molar-refractivity contribution in [3.8, 4) is 11.3 Å². The number of benzene rings is 1. The van der Waals surface area contributed by atoms with Gasteiger partial charge in [-0.25, -0.2) is 0 Å². The third-order valence-electron chi connectivity index (χ3n) is 2.41. The van der Waals surface area contributed by atoms with E-state index < -0.39 is 4.92 Å². The smallest absolute Gasteiger partial charge is 0.273 e. The summed E-state index contributed by atoms with van der Waals surface area (Å²) in [6.45, 7) is 1.44. The number of nitro benzene ring substituents is 1. The highest BCUT2D eigenvalue weighted by atomic mass is 16.6. The van der Waals surface area contributed by atoms with Crippen molar-refractivity contribution in [3.63, 3.8) is 0 Å². The van der Waals surface area contributed by atoms with E-state index in [1.807, 2.05) is 0 Å². The van der Waals surface area contributed by atoms with Crippen molar-refractivity contribution in [1.82, 2.24) is 5.16 Å². The van der Waals surface area contributed by atoms with Gasteiger partial charge in [0.05, 0.1) is 11.5 Å². The van der Waals surface area contributed by atoms with Crippen LogP contribution in [0.3, 0.4) is 0 Å². The largest absolute Gasteiger partial charge is 0.390 e. The number of nitrogens with zero attached hydrogens (tertiary/aromatic N) is 2. The first-order valence-corrected chi connectivity index (χ1v) is 4.93. The molecule has 0 amide bonds. The second-order valence-corrected chi connectivity index (χ2v) is 3.60. The highest BCUT2D eigenvalue weighted by Gasteiger charge is 2.14. The van der Waals surface area contributed by atoms with Crippen LogP contribution in [0.5, 0.6) is 0 Å². The summed E-state index contributed by atoms with van der Waals surface area (Å²) in [5, 5.41) is 23.3. The highest BCUT2D eigenvalue weighted by Crippen LogP contribution is 2.27. The molecule has 0 unspecified atom stereocenters. The van der Waals surface area contributed by atoms with E-state index in [1.54, 1.807) is 25.1 Å². The Balaban J connectivity index is 2.46. The van der Waals surface area contributed by atoms with Crippen LogP contribution < -0.4 is 0 Å². The molecule has 1 heterocycles. The fourth-order valence-electron chi connectivity index (χ4n) is 1.48. The number of nitro groups is 1. The average Bonchev–Trinajstić information content (AvgIpc) is 2.78. The van der Waals surface area contributed by atoms with Crippen LogP contribution in [0.25, 0.3) is 11.3 Å². The summed E-state index contributed by atoms with van der Waals surface area (Å²) in [6.07, 6.45) is 0. The summed E-state index contributed by atoms with van der Waals surface area (Å²) in [6, 6.07) is 6.34. The zero-order valence-corrected chi connectivity index (χ0v) is 9.08. The minimum absolute atomic E-state index is 0.0319. The van der Waals surface area contributed by atoms with E-state index in [2.05, 4.69) is 5.16 Å². The first-order valence-electron chi connectivity index (χ1n) is 4.93. The van der Waals surface area contributed by atoms with Gasteiger partial charge in [-0.05, 0) is 6.92 Å². The summed E-state index contributed by atoms with van der Waals surface area (Å²) in [4.78, 5) is 10.3. The number of aromatic nitrogens is 1. The lowest BCUT2D eigenvalue weighted by Gasteiger charge is -1.99. The van der Waals surface area contributed by atoms with E-state index in [9.17, 15) is 10.1 Å². The lowest BCUT2D eigenvalue weighted by molar-refractivity contribution is -0.385. The lowest BCUT2D eigenvalue weighted by atomic mass is 10.1. The predicted octanol–water partition coefficient (Wildman–Crippen LogP) is 2.05. The highest BCUT2D eigenvalue weighted by molar-refractivity contribution is 5.62. The Hall–Kier alpha value is -2.21. The van der Waals surface area contributed by atoms with Crippen LogP contribution >= 0.6 is 0 Å². The van der Waals surface area contributed by atoms with Gasteiger partial charge >= 0.3 is 0 Å². The zero-order valence-electron chi connectivity index (χ0n) is 9.08. The first-order chi connectivity index (χ1) is 8.11. The number of hydrogen-bond acceptors (Lipinski definition) is 5. The van der Waals surface area contributed by atoms with Crippen LogP contribution in [0.1, 0.15) is 11.3 Å². The third kappa shape index (κ3) is 2.16. The van der Waals surface area contributed by atoms with E-state index in [1.165, 1.54) is 6.07 Å². The van der Waals surface area contributed by atoms with E-state index in [0.29, 0.717) is 22.6 Å². The van der Waals surface area contributed by atoms with Gasteiger partial charge in [0.25, 0.3) is 5.69 Å². The Morgan fingerprint density at radius 3 is 2.82 bits per heavy atom. The summed E-state index contributed by atoms with van der Waals surface area (Å²) >= 11 is 0. The van der Waals surface area contributed by atoms with Crippen LogP contribution in [0.2, 0.25) is 0 Å². The van der Waals surface area contributed by atoms with E-state index in [0.717, 1.165) is 0 Å². The Labute approximate surface area is 96.6 Å². The van der Waals surface area contributed by atoms with Crippen LogP contribution in [-0.4, -0.2) is 15.2 Å². The van der Waals surface area contributed by atoms with Crippen molar-refractivity contribution in [2.24, 2.45) is 0 Å². The van der Waals surface area contributed by atoms with E-state index >= 15 is 0 Å². The fraction of sp³-hybridized carbons (Fsp3) is 0.182. The molecule has 6 heteroatoms. The molecule has 2 rings (SSSR count). The summed E-state index contributed by atoms with van der Waals surface area (Å²) < 4.78 is 4.98. The maximum absolute atomic E-state index is 10.8. The molecule has 88 valence electrons. The SMILES string of the molecule is Cc1ccc(-c2cc(CO)no2)cc1[N+](=O)[O-]. The molecule has 1 aromatic carbocycles. The Kier molecular flexibility index (Phi) is 2.88. The minimum Gasteiger partial charge on any atom is -0.390 e. The fourth-order valence-corrected chi connectivity index (χ4v) is 1.48. The molecular weight excluding hydrogens is 224 g/mol. The maximum Gasteiger partial charge on any atom is 0.273 e. The second-order valence-electron chi connectivity index (χ2n) is 3.60. The van der Waals surface area contributed by atoms with E-state index in [-0.39, 0.29) is 12.3 Å². The van der Waals surface area contributed by atoms with Gasteiger partial charge in [0.1, 0.15) is 5.69 Å². The quantitative estimate of drug-likeness (QED) is 0.648. The monoisotopic (exact) mass is 234 g/mol. The summed E-state index contributed by atoms with van der Waals surface area (Å²) in [5.74, 6) is 0.400. The normalized spacial score (nSPS) is 10.5. The third-order valence-corrected chi connectivity index (χ3v) is 2.41. The van der Waals surface area contributed by atoms with Crippen molar-refractivity contribution >= 4 is 5.69 Å². The lowest BCUT2D eigenvalue weighted by Crippen LogP contribution is -1.91. The van der Waals surface area contributed by atoms with Crippen LogP contribution in [0, 0.1) is 17.0 Å². The minimum atomic E-state index is -0.442. The molecular formula is C11H10N2O4. The maximum atomic E-state index is 10.8. The number of hydrogen-bond donors (Lipinski definition) is 1. The van der Waals surface area contributed by atoms with Crippen molar-refractivity contribution in [1.29, 1.82) is 0 Å². The summed E-state index contributed by atoms with van der Waals surface area (Å²) in [5.41, 5.74) is 1.57. The standard InChI is InChI=1S/C11H10N2O4/c1-7-2-3-8(4-10(7)13(15)16)11-5-9(6-14)12-17-11/h2-5,14H,6H2,1H3. The topological polar surface area (TPSA) is 89.4 Å². The van der Waals surface area contributed by atoms with E-state index in [4.69, 9.17) is 9.63 Å². The van der Waals surface area contributed by atoms with Gasteiger partial charge in [-0.15, -0.1) is 0 Å². The molecule has 0 atom stereocenters. The predicted molar refractivity (Wildman–Crippen MR) is 59.3 cm³/mol. The van der Waals surface area contributed by atoms with Gasteiger partial charge in [0, 0.05) is 23.3 Å². The molecule has 0 aliphatic rings. The molecule has 1 N–H and O–H groups in total. The zero-order chi connectivity index (χ0) is 12.4. The van der Waals surface area contributed by atoms with Crippen LogP contribution in [-0.2, 0) is 6.61 Å². The van der Waals surface area contributed by atoms with Crippen molar-refractivity contribution in [2.75, 3.05) is 0 Å². The Bertz CT molecular complexity index is 562. The van der Waals surface area contributed by atoms with Gasteiger partial charge in [-0.1, -0.05) is 17.3 Å².